The average molecular weight is 299 g/mol. The van der Waals surface area contributed by atoms with E-state index in [4.69, 9.17) is 4.74 Å². The third-order valence-corrected chi connectivity index (χ3v) is 6.02. The summed E-state index contributed by atoms with van der Waals surface area (Å²) in [5, 5.41) is 4.31. The van der Waals surface area contributed by atoms with Crippen molar-refractivity contribution in [1.82, 2.24) is 5.32 Å². The van der Waals surface area contributed by atoms with Crippen molar-refractivity contribution >= 4 is 17.7 Å². The quantitative estimate of drug-likeness (QED) is 0.662. The number of esters is 1. The lowest BCUT2D eigenvalue weighted by molar-refractivity contribution is -0.151. The topological polar surface area (TPSA) is 38.3 Å². The molecule has 2 aliphatic rings. The summed E-state index contributed by atoms with van der Waals surface area (Å²) in [5.74, 6) is 1.37. The molecule has 0 aromatic heterocycles. The number of ether oxygens (including phenoxy) is 1. The van der Waals surface area contributed by atoms with Crippen LogP contribution in [-0.2, 0) is 9.53 Å². The number of carbonyl (C=O) groups is 1. The van der Waals surface area contributed by atoms with Crippen molar-refractivity contribution in [2.45, 2.75) is 69.6 Å². The van der Waals surface area contributed by atoms with Gasteiger partial charge in [-0.2, -0.15) is 11.8 Å². The van der Waals surface area contributed by atoms with Crippen LogP contribution in [-0.4, -0.2) is 35.7 Å². The molecule has 1 unspecified atom stereocenters. The Labute approximate surface area is 127 Å². The number of hydrogen-bond donors (Lipinski definition) is 1. The van der Waals surface area contributed by atoms with Gasteiger partial charge in [0.15, 0.2) is 0 Å². The number of nitrogens with one attached hydrogen (secondary N) is 1. The summed E-state index contributed by atoms with van der Waals surface area (Å²) in [6, 6.07) is 0. The Hall–Kier alpha value is -0.220. The Morgan fingerprint density at radius 3 is 2.50 bits per heavy atom. The van der Waals surface area contributed by atoms with Crippen molar-refractivity contribution < 1.29 is 9.53 Å². The van der Waals surface area contributed by atoms with E-state index in [1.54, 1.807) is 0 Å². The second kappa shape index (κ2) is 7.69. The highest BCUT2D eigenvalue weighted by Gasteiger charge is 2.51. The molecule has 0 aromatic rings. The van der Waals surface area contributed by atoms with Crippen LogP contribution in [0.1, 0.15) is 58.8 Å². The van der Waals surface area contributed by atoms with Crippen molar-refractivity contribution in [3.8, 4) is 0 Å². The zero-order chi connectivity index (χ0) is 14.4. The van der Waals surface area contributed by atoms with Gasteiger partial charge in [0.2, 0.25) is 0 Å². The number of carbonyl (C=O) groups excluding carboxylic acids is 1. The SMILES string of the molecule is CCCNC(CSC1CCCC1)(C(=O)OCC)C1CC1. The third-order valence-electron chi connectivity index (χ3n) is 4.45. The van der Waals surface area contributed by atoms with Crippen molar-refractivity contribution in [3.05, 3.63) is 0 Å². The van der Waals surface area contributed by atoms with Gasteiger partial charge in [-0.3, -0.25) is 4.79 Å². The van der Waals surface area contributed by atoms with Crippen LogP contribution in [0.25, 0.3) is 0 Å². The van der Waals surface area contributed by atoms with Gasteiger partial charge in [-0.25, -0.2) is 0 Å². The molecule has 0 aliphatic heterocycles. The molecule has 4 heteroatoms. The Bertz CT molecular complexity index is 314. The minimum absolute atomic E-state index is 0.0125. The molecule has 2 fully saturated rings. The van der Waals surface area contributed by atoms with E-state index in [1.807, 2.05) is 18.7 Å². The summed E-state index contributed by atoms with van der Waals surface area (Å²) in [4.78, 5) is 12.6. The molecule has 0 aromatic carbocycles. The largest absolute Gasteiger partial charge is 0.465 e. The molecule has 20 heavy (non-hydrogen) atoms. The van der Waals surface area contributed by atoms with E-state index in [-0.39, 0.29) is 5.97 Å². The highest BCUT2D eigenvalue weighted by molar-refractivity contribution is 8.00. The fourth-order valence-electron chi connectivity index (χ4n) is 3.10. The second-order valence-electron chi connectivity index (χ2n) is 6.11. The predicted molar refractivity (Wildman–Crippen MR) is 85.1 cm³/mol. The number of rotatable bonds is 9. The third kappa shape index (κ3) is 3.91. The van der Waals surface area contributed by atoms with Gasteiger partial charge in [-0.1, -0.05) is 19.8 Å². The minimum atomic E-state index is -0.417. The zero-order valence-corrected chi connectivity index (χ0v) is 13.8. The van der Waals surface area contributed by atoms with E-state index < -0.39 is 5.54 Å². The first-order valence-electron chi connectivity index (χ1n) is 8.26. The summed E-state index contributed by atoms with van der Waals surface area (Å²) in [6.07, 6.45) is 8.75. The number of hydrogen-bond acceptors (Lipinski definition) is 4. The van der Waals surface area contributed by atoms with Gasteiger partial charge in [0.25, 0.3) is 0 Å². The van der Waals surface area contributed by atoms with E-state index in [1.165, 1.54) is 38.5 Å². The summed E-state index contributed by atoms with van der Waals surface area (Å²) in [5.41, 5.74) is -0.417. The maximum Gasteiger partial charge on any atom is 0.327 e. The summed E-state index contributed by atoms with van der Waals surface area (Å²) in [7, 11) is 0. The van der Waals surface area contributed by atoms with Crippen LogP contribution in [0.3, 0.4) is 0 Å². The minimum Gasteiger partial charge on any atom is -0.465 e. The Kier molecular flexibility index (Phi) is 6.21. The van der Waals surface area contributed by atoms with Crippen LogP contribution in [0, 0.1) is 5.92 Å². The van der Waals surface area contributed by atoms with Crippen molar-refractivity contribution in [2.24, 2.45) is 5.92 Å². The smallest absolute Gasteiger partial charge is 0.327 e. The van der Waals surface area contributed by atoms with Gasteiger partial charge < -0.3 is 10.1 Å². The van der Waals surface area contributed by atoms with E-state index in [9.17, 15) is 4.79 Å². The lowest BCUT2D eigenvalue weighted by atomic mass is 9.95. The molecule has 0 radical (unpaired) electrons. The maximum absolute atomic E-state index is 12.6. The van der Waals surface area contributed by atoms with Crippen LogP contribution >= 0.6 is 11.8 Å². The first-order chi connectivity index (χ1) is 9.73. The lowest BCUT2D eigenvalue weighted by Gasteiger charge is -2.33. The standard InChI is InChI=1S/C16H29NO2S/c1-3-11-17-16(13-9-10-13,15(18)19-4-2)12-20-14-7-5-6-8-14/h13-14,17H,3-12H2,1-2H3. The number of thioether (sulfide) groups is 1. The molecular weight excluding hydrogens is 270 g/mol. The fraction of sp³-hybridized carbons (Fsp3) is 0.938. The van der Waals surface area contributed by atoms with Crippen LogP contribution in [0.4, 0.5) is 0 Å². The summed E-state index contributed by atoms with van der Waals surface area (Å²) >= 11 is 2.00. The molecule has 0 saturated heterocycles. The van der Waals surface area contributed by atoms with Gasteiger partial charge in [0.1, 0.15) is 5.54 Å². The van der Waals surface area contributed by atoms with E-state index in [2.05, 4.69) is 12.2 Å². The molecule has 1 atom stereocenters. The highest BCUT2D eigenvalue weighted by Crippen LogP contribution is 2.44. The predicted octanol–water partition coefficient (Wildman–Crippen LogP) is 3.37. The monoisotopic (exact) mass is 299 g/mol. The van der Waals surface area contributed by atoms with Gasteiger partial charge in [-0.05, 0) is 51.5 Å². The van der Waals surface area contributed by atoms with Gasteiger partial charge in [0.05, 0.1) is 6.61 Å². The van der Waals surface area contributed by atoms with Crippen molar-refractivity contribution in [3.63, 3.8) is 0 Å². The average Bonchev–Trinajstić information content (AvgIpc) is 3.16. The van der Waals surface area contributed by atoms with Crippen molar-refractivity contribution in [1.29, 1.82) is 0 Å². The Morgan fingerprint density at radius 1 is 1.25 bits per heavy atom. The summed E-state index contributed by atoms with van der Waals surface area (Å²) < 4.78 is 5.41. The van der Waals surface area contributed by atoms with Gasteiger partial charge in [0, 0.05) is 11.0 Å². The molecule has 0 heterocycles. The maximum atomic E-state index is 12.6. The summed E-state index contributed by atoms with van der Waals surface area (Å²) in [6.45, 7) is 5.44. The van der Waals surface area contributed by atoms with Gasteiger partial charge in [-0.15, -0.1) is 0 Å². The second-order valence-corrected chi connectivity index (χ2v) is 7.40. The molecule has 2 saturated carbocycles. The molecule has 1 N–H and O–H groups in total. The first kappa shape index (κ1) is 16.2. The normalized spacial score (nSPS) is 22.7. The Morgan fingerprint density at radius 2 is 1.95 bits per heavy atom. The fourth-order valence-corrected chi connectivity index (χ4v) is 4.72. The van der Waals surface area contributed by atoms with Gasteiger partial charge >= 0.3 is 5.97 Å². The van der Waals surface area contributed by atoms with Crippen LogP contribution in [0.15, 0.2) is 0 Å². The lowest BCUT2D eigenvalue weighted by Crippen LogP contribution is -2.57. The van der Waals surface area contributed by atoms with Crippen LogP contribution in [0.5, 0.6) is 0 Å². The molecule has 116 valence electrons. The van der Waals surface area contributed by atoms with E-state index >= 15 is 0 Å². The molecule has 0 spiro atoms. The zero-order valence-electron chi connectivity index (χ0n) is 13.0. The molecular formula is C16H29NO2S. The van der Waals surface area contributed by atoms with E-state index in [0.29, 0.717) is 12.5 Å². The van der Waals surface area contributed by atoms with Crippen LogP contribution in [0.2, 0.25) is 0 Å². The van der Waals surface area contributed by atoms with Crippen LogP contribution < -0.4 is 5.32 Å². The molecule has 2 rings (SSSR count). The van der Waals surface area contributed by atoms with Crippen molar-refractivity contribution in [2.75, 3.05) is 18.9 Å². The molecule has 3 nitrogen and oxygen atoms in total. The molecule has 0 amide bonds. The Balaban J connectivity index is 2.01. The highest BCUT2D eigenvalue weighted by atomic mass is 32.2. The van der Waals surface area contributed by atoms with E-state index in [0.717, 1.165) is 24.0 Å². The molecule has 0 bridgehead atoms. The molecule has 2 aliphatic carbocycles. The first-order valence-corrected chi connectivity index (χ1v) is 9.31.